The Hall–Kier alpha value is -2.58. The van der Waals surface area contributed by atoms with Crippen molar-refractivity contribution >= 4 is 15.8 Å². The van der Waals surface area contributed by atoms with Gasteiger partial charge in [0, 0.05) is 19.3 Å². The summed E-state index contributed by atoms with van der Waals surface area (Å²) in [6.45, 7) is 5.68. The van der Waals surface area contributed by atoms with E-state index >= 15 is 0 Å². The van der Waals surface area contributed by atoms with E-state index in [0.717, 1.165) is 29.0 Å². The Kier molecular flexibility index (Phi) is 8.88. The third-order valence-corrected chi connectivity index (χ3v) is 6.22. The highest BCUT2D eigenvalue weighted by Gasteiger charge is 2.16. The predicted molar refractivity (Wildman–Crippen MR) is 127 cm³/mol. The predicted octanol–water partition coefficient (Wildman–Crippen LogP) is 2.77. The molecule has 0 aromatic heterocycles. The Morgan fingerprint density at radius 3 is 2.48 bits per heavy atom. The molecule has 1 unspecified atom stereocenters. The van der Waals surface area contributed by atoms with E-state index in [4.69, 9.17) is 4.74 Å². The molecular weight excluding hydrogens is 412 g/mol. The molecule has 0 fully saturated rings. The van der Waals surface area contributed by atoms with E-state index in [0.29, 0.717) is 23.9 Å². The Morgan fingerprint density at radius 2 is 1.90 bits per heavy atom. The number of guanidine groups is 1. The second kappa shape index (κ2) is 11.2. The van der Waals surface area contributed by atoms with Crippen LogP contribution in [0.25, 0.3) is 0 Å². The van der Waals surface area contributed by atoms with Gasteiger partial charge < -0.3 is 20.3 Å². The summed E-state index contributed by atoms with van der Waals surface area (Å²) in [6.07, 6.45) is 1.23. The molecule has 2 rings (SSSR count). The summed E-state index contributed by atoms with van der Waals surface area (Å²) < 4.78 is 29.0. The number of sulfone groups is 1. The molecule has 0 heterocycles. The van der Waals surface area contributed by atoms with Crippen LogP contribution in [0, 0.1) is 6.92 Å². The largest absolute Gasteiger partial charge is 0.497 e. The van der Waals surface area contributed by atoms with Gasteiger partial charge in [-0.1, -0.05) is 24.3 Å². The number of nitrogens with zero attached hydrogens (tertiary/aromatic N) is 2. The summed E-state index contributed by atoms with van der Waals surface area (Å²) in [5, 5.41) is 6.69. The fourth-order valence-electron chi connectivity index (χ4n) is 3.38. The monoisotopic (exact) mass is 446 g/mol. The SMILES string of the molecule is CCNC(=NCc1ccc(S(C)(=O)=O)c(C)c1)NCC(c1cccc(OC)c1)N(C)C. The lowest BCUT2D eigenvalue weighted by molar-refractivity contribution is 0.297. The van der Waals surface area contributed by atoms with Gasteiger partial charge in [0.15, 0.2) is 15.8 Å². The number of rotatable bonds is 9. The molecule has 0 aliphatic carbocycles. The van der Waals surface area contributed by atoms with Gasteiger partial charge in [0.1, 0.15) is 5.75 Å². The van der Waals surface area contributed by atoms with Crippen LogP contribution in [0.15, 0.2) is 52.4 Å². The van der Waals surface area contributed by atoms with Crippen molar-refractivity contribution in [1.82, 2.24) is 15.5 Å². The molecule has 2 aromatic rings. The summed E-state index contributed by atoms with van der Waals surface area (Å²) in [5.74, 6) is 1.54. The first-order valence-electron chi connectivity index (χ1n) is 10.3. The average Bonchev–Trinajstić information content (AvgIpc) is 2.71. The first-order chi connectivity index (χ1) is 14.7. The van der Waals surface area contributed by atoms with Crippen LogP contribution < -0.4 is 15.4 Å². The first-order valence-corrected chi connectivity index (χ1v) is 12.2. The minimum atomic E-state index is -3.22. The van der Waals surface area contributed by atoms with Crippen LogP contribution in [0.5, 0.6) is 5.75 Å². The van der Waals surface area contributed by atoms with E-state index in [-0.39, 0.29) is 6.04 Å². The van der Waals surface area contributed by atoms with Crippen molar-refractivity contribution in [1.29, 1.82) is 0 Å². The molecule has 31 heavy (non-hydrogen) atoms. The van der Waals surface area contributed by atoms with Crippen molar-refractivity contribution in [2.45, 2.75) is 31.3 Å². The second-order valence-electron chi connectivity index (χ2n) is 7.70. The average molecular weight is 447 g/mol. The lowest BCUT2D eigenvalue weighted by Crippen LogP contribution is -2.41. The van der Waals surface area contributed by atoms with E-state index in [9.17, 15) is 8.42 Å². The summed E-state index contributed by atoms with van der Waals surface area (Å²) in [7, 11) is 2.53. The highest BCUT2D eigenvalue weighted by Crippen LogP contribution is 2.22. The highest BCUT2D eigenvalue weighted by atomic mass is 32.2. The Bertz CT molecular complexity index is 1000. The molecule has 0 aliphatic rings. The van der Waals surface area contributed by atoms with Gasteiger partial charge in [-0.05, 0) is 62.8 Å². The van der Waals surface area contributed by atoms with Gasteiger partial charge in [0.2, 0.25) is 0 Å². The lowest BCUT2D eigenvalue weighted by Gasteiger charge is -2.26. The van der Waals surface area contributed by atoms with Gasteiger partial charge in [-0.15, -0.1) is 0 Å². The number of nitrogens with one attached hydrogen (secondary N) is 2. The van der Waals surface area contributed by atoms with Crippen LogP contribution in [-0.4, -0.2) is 59.8 Å². The molecule has 0 saturated carbocycles. The molecule has 2 aromatic carbocycles. The lowest BCUT2D eigenvalue weighted by atomic mass is 10.1. The zero-order valence-electron chi connectivity index (χ0n) is 19.3. The number of hydrogen-bond acceptors (Lipinski definition) is 5. The normalized spacial score (nSPS) is 13.2. The molecule has 170 valence electrons. The minimum Gasteiger partial charge on any atom is -0.497 e. The number of aliphatic imine (C=N–C) groups is 1. The van der Waals surface area contributed by atoms with E-state index in [2.05, 4.69) is 26.6 Å². The number of benzene rings is 2. The van der Waals surface area contributed by atoms with Gasteiger partial charge in [-0.2, -0.15) is 0 Å². The topological polar surface area (TPSA) is 83.0 Å². The van der Waals surface area contributed by atoms with Crippen LogP contribution in [0.4, 0.5) is 0 Å². The zero-order valence-corrected chi connectivity index (χ0v) is 20.1. The van der Waals surface area contributed by atoms with E-state index < -0.39 is 9.84 Å². The number of aryl methyl sites for hydroxylation is 1. The number of hydrogen-bond donors (Lipinski definition) is 2. The van der Waals surface area contributed by atoms with Crippen molar-refractivity contribution < 1.29 is 13.2 Å². The van der Waals surface area contributed by atoms with Crippen molar-refractivity contribution in [2.24, 2.45) is 4.99 Å². The van der Waals surface area contributed by atoms with Crippen LogP contribution in [0.1, 0.15) is 29.7 Å². The summed E-state index contributed by atoms with van der Waals surface area (Å²) in [4.78, 5) is 7.19. The first kappa shape index (κ1) is 24.7. The molecule has 2 N–H and O–H groups in total. The molecule has 7 nitrogen and oxygen atoms in total. The third kappa shape index (κ3) is 7.25. The Labute approximate surface area is 186 Å². The van der Waals surface area contributed by atoms with Crippen molar-refractivity contribution in [3.63, 3.8) is 0 Å². The summed E-state index contributed by atoms with van der Waals surface area (Å²) in [5.41, 5.74) is 2.85. The number of methoxy groups -OCH3 is 1. The van der Waals surface area contributed by atoms with Gasteiger partial charge in [-0.3, -0.25) is 0 Å². The standard InChI is InChI=1S/C23H34N4O3S/c1-7-24-23(25-15-18-11-12-22(17(2)13-18)31(6,28)29)26-16-21(27(3)4)19-9-8-10-20(14-19)30-5/h8-14,21H,7,15-16H2,1-6H3,(H2,24,25,26). The van der Waals surface area contributed by atoms with Gasteiger partial charge in [0.05, 0.1) is 24.6 Å². The molecule has 0 aliphatic heterocycles. The van der Waals surface area contributed by atoms with Crippen molar-refractivity contribution in [3.05, 3.63) is 59.2 Å². The molecule has 1 atom stereocenters. The maximum absolute atomic E-state index is 11.8. The van der Waals surface area contributed by atoms with Crippen molar-refractivity contribution in [2.75, 3.05) is 40.6 Å². The van der Waals surface area contributed by atoms with Crippen molar-refractivity contribution in [3.8, 4) is 5.75 Å². The number of ether oxygens (including phenoxy) is 1. The maximum atomic E-state index is 11.8. The molecule has 0 saturated heterocycles. The van der Waals surface area contributed by atoms with Crippen LogP contribution in [-0.2, 0) is 16.4 Å². The molecule has 0 amide bonds. The molecule has 0 radical (unpaired) electrons. The zero-order chi connectivity index (χ0) is 23.0. The Morgan fingerprint density at radius 1 is 1.16 bits per heavy atom. The fourth-order valence-corrected chi connectivity index (χ4v) is 4.34. The smallest absolute Gasteiger partial charge is 0.191 e. The van der Waals surface area contributed by atoms with Crippen LogP contribution in [0.2, 0.25) is 0 Å². The van der Waals surface area contributed by atoms with Gasteiger partial charge in [-0.25, -0.2) is 13.4 Å². The summed E-state index contributed by atoms with van der Waals surface area (Å²) in [6, 6.07) is 13.5. The quantitative estimate of drug-likeness (QED) is 0.455. The van der Waals surface area contributed by atoms with Crippen LogP contribution >= 0.6 is 0 Å². The summed E-state index contributed by atoms with van der Waals surface area (Å²) >= 11 is 0. The highest BCUT2D eigenvalue weighted by molar-refractivity contribution is 7.90. The third-order valence-electron chi connectivity index (χ3n) is 4.97. The Balaban J connectivity index is 2.14. The second-order valence-corrected chi connectivity index (χ2v) is 9.69. The van der Waals surface area contributed by atoms with E-state index in [1.54, 1.807) is 13.2 Å². The van der Waals surface area contributed by atoms with Gasteiger partial charge in [0.25, 0.3) is 0 Å². The van der Waals surface area contributed by atoms with E-state index in [1.807, 2.05) is 58.3 Å². The molecular formula is C23H34N4O3S. The molecule has 0 spiro atoms. The maximum Gasteiger partial charge on any atom is 0.191 e. The van der Waals surface area contributed by atoms with Gasteiger partial charge >= 0.3 is 0 Å². The van der Waals surface area contributed by atoms with Crippen LogP contribution in [0.3, 0.4) is 0 Å². The number of likely N-dealkylation sites (N-methyl/N-ethyl adjacent to an activating group) is 1. The molecule has 8 heteroatoms. The fraction of sp³-hybridized carbons (Fsp3) is 0.435. The molecule has 0 bridgehead atoms. The van der Waals surface area contributed by atoms with E-state index in [1.165, 1.54) is 6.26 Å². The minimum absolute atomic E-state index is 0.134.